The van der Waals surface area contributed by atoms with E-state index >= 15 is 0 Å². The maximum Gasteiger partial charge on any atom is 0.307 e. The van der Waals surface area contributed by atoms with Gasteiger partial charge in [-0.25, -0.2) is 0 Å². The van der Waals surface area contributed by atoms with Gasteiger partial charge in [0.25, 0.3) is 0 Å². The van der Waals surface area contributed by atoms with E-state index in [1.54, 1.807) is 11.0 Å². The molecule has 18 heavy (non-hydrogen) atoms. The lowest BCUT2D eigenvalue weighted by atomic mass is 9.82. The second-order valence-electron chi connectivity index (χ2n) is 4.57. The SMILES string of the molecule is C=CCN(CCC)C(=O)C1CC=CCC1C(=O)O. The molecule has 0 spiro atoms. The number of carbonyl (C=O) groups is 2. The summed E-state index contributed by atoms with van der Waals surface area (Å²) in [6, 6.07) is 0. The largest absolute Gasteiger partial charge is 0.481 e. The number of carboxylic acid groups (broad SMARTS) is 1. The van der Waals surface area contributed by atoms with E-state index in [1.165, 1.54) is 0 Å². The van der Waals surface area contributed by atoms with E-state index in [0.717, 1.165) is 6.42 Å². The minimum absolute atomic E-state index is 0.0616. The van der Waals surface area contributed by atoms with Crippen LogP contribution in [-0.4, -0.2) is 35.0 Å². The zero-order chi connectivity index (χ0) is 13.5. The number of amides is 1. The summed E-state index contributed by atoms with van der Waals surface area (Å²) >= 11 is 0. The van der Waals surface area contributed by atoms with Crippen LogP contribution in [0.5, 0.6) is 0 Å². The van der Waals surface area contributed by atoms with E-state index in [2.05, 4.69) is 6.58 Å². The molecule has 4 nitrogen and oxygen atoms in total. The third-order valence-corrected chi connectivity index (χ3v) is 3.22. The van der Waals surface area contributed by atoms with Gasteiger partial charge in [0.1, 0.15) is 0 Å². The summed E-state index contributed by atoms with van der Waals surface area (Å²) in [4.78, 5) is 25.3. The van der Waals surface area contributed by atoms with Crippen LogP contribution in [0, 0.1) is 11.8 Å². The van der Waals surface area contributed by atoms with Crippen molar-refractivity contribution in [2.45, 2.75) is 26.2 Å². The third kappa shape index (κ3) is 3.45. The van der Waals surface area contributed by atoms with E-state index in [-0.39, 0.29) is 5.91 Å². The second kappa shape index (κ2) is 6.99. The van der Waals surface area contributed by atoms with Crippen molar-refractivity contribution in [1.82, 2.24) is 4.90 Å². The van der Waals surface area contributed by atoms with Crippen molar-refractivity contribution in [3.05, 3.63) is 24.8 Å². The molecule has 0 aliphatic heterocycles. The molecule has 0 radical (unpaired) electrons. The molecule has 100 valence electrons. The molecule has 4 heteroatoms. The fraction of sp³-hybridized carbons (Fsp3) is 0.571. The molecule has 0 heterocycles. The van der Waals surface area contributed by atoms with Crippen molar-refractivity contribution in [3.8, 4) is 0 Å². The number of carbonyl (C=O) groups excluding carboxylic acids is 1. The van der Waals surface area contributed by atoms with Crippen molar-refractivity contribution in [2.24, 2.45) is 11.8 Å². The molecule has 1 rings (SSSR count). The van der Waals surface area contributed by atoms with Crippen LogP contribution in [0.4, 0.5) is 0 Å². The molecular weight excluding hydrogens is 230 g/mol. The van der Waals surface area contributed by atoms with Crippen LogP contribution in [-0.2, 0) is 9.59 Å². The normalized spacial score (nSPS) is 22.5. The number of hydrogen-bond acceptors (Lipinski definition) is 2. The minimum Gasteiger partial charge on any atom is -0.481 e. The van der Waals surface area contributed by atoms with Gasteiger partial charge in [-0.2, -0.15) is 0 Å². The van der Waals surface area contributed by atoms with Crippen LogP contribution in [0.3, 0.4) is 0 Å². The fourth-order valence-electron chi connectivity index (χ4n) is 2.31. The number of allylic oxidation sites excluding steroid dienone is 2. The fourth-order valence-corrected chi connectivity index (χ4v) is 2.31. The van der Waals surface area contributed by atoms with Gasteiger partial charge in [-0.05, 0) is 19.3 Å². The molecule has 0 saturated heterocycles. The van der Waals surface area contributed by atoms with E-state index in [9.17, 15) is 14.7 Å². The van der Waals surface area contributed by atoms with Gasteiger partial charge in [0.2, 0.25) is 5.91 Å². The molecule has 1 aliphatic carbocycles. The Bertz CT molecular complexity index is 349. The number of carboxylic acids is 1. The zero-order valence-corrected chi connectivity index (χ0v) is 10.8. The Morgan fingerprint density at radius 3 is 2.50 bits per heavy atom. The number of nitrogens with zero attached hydrogens (tertiary/aromatic N) is 1. The Labute approximate surface area is 108 Å². The summed E-state index contributed by atoms with van der Waals surface area (Å²) in [5.41, 5.74) is 0. The Morgan fingerprint density at radius 2 is 2.00 bits per heavy atom. The van der Waals surface area contributed by atoms with Crippen LogP contribution in [0.15, 0.2) is 24.8 Å². The van der Waals surface area contributed by atoms with E-state index < -0.39 is 17.8 Å². The van der Waals surface area contributed by atoms with Crippen LogP contribution in [0.1, 0.15) is 26.2 Å². The number of aliphatic carboxylic acids is 1. The molecule has 2 unspecified atom stereocenters. The maximum atomic E-state index is 12.4. The lowest BCUT2D eigenvalue weighted by molar-refractivity contribution is -0.150. The minimum atomic E-state index is -0.882. The maximum absolute atomic E-state index is 12.4. The highest BCUT2D eigenvalue weighted by atomic mass is 16.4. The lowest BCUT2D eigenvalue weighted by Crippen LogP contribution is -2.42. The van der Waals surface area contributed by atoms with Crippen molar-refractivity contribution in [3.63, 3.8) is 0 Å². The molecule has 0 aromatic heterocycles. The monoisotopic (exact) mass is 251 g/mol. The molecule has 2 atom stereocenters. The summed E-state index contributed by atoms with van der Waals surface area (Å²) in [5, 5.41) is 9.17. The topological polar surface area (TPSA) is 57.6 Å². The standard InChI is InChI=1S/C14H21NO3/c1-3-9-15(10-4-2)13(16)11-7-5-6-8-12(11)14(17)18/h3,5-6,11-12H,1,4,7-10H2,2H3,(H,17,18). The van der Waals surface area contributed by atoms with Gasteiger partial charge >= 0.3 is 5.97 Å². The third-order valence-electron chi connectivity index (χ3n) is 3.22. The first kappa shape index (κ1) is 14.5. The average molecular weight is 251 g/mol. The molecule has 0 aromatic carbocycles. The Balaban J connectivity index is 2.81. The van der Waals surface area contributed by atoms with Gasteiger partial charge in [0, 0.05) is 13.1 Å². The number of rotatable bonds is 6. The summed E-state index contributed by atoms with van der Waals surface area (Å²) in [6.45, 7) is 6.77. The summed E-state index contributed by atoms with van der Waals surface area (Å²) in [7, 11) is 0. The highest BCUT2D eigenvalue weighted by molar-refractivity contribution is 5.85. The highest BCUT2D eigenvalue weighted by Gasteiger charge is 2.35. The smallest absolute Gasteiger partial charge is 0.307 e. The molecule has 1 aliphatic rings. The lowest BCUT2D eigenvalue weighted by Gasteiger charge is -2.30. The van der Waals surface area contributed by atoms with Gasteiger partial charge in [-0.3, -0.25) is 9.59 Å². The summed E-state index contributed by atoms with van der Waals surface area (Å²) < 4.78 is 0. The van der Waals surface area contributed by atoms with Crippen LogP contribution in [0.2, 0.25) is 0 Å². The van der Waals surface area contributed by atoms with Gasteiger partial charge in [-0.1, -0.05) is 25.2 Å². The quantitative estimate of drug-likeness (QED) is 0.735. The van der Waals surface area contributed by atoms with E-state index in [1.807, 2.05) is 19.1 Å². The summed E-state index contributed by atoms with van der Waals surface area (Å²) in [5.74, 6) is -1.97. The molecular formula is C14H21NO3. The van der Waals surface area contributed by atoms with E-state index in [4.69, 9.17) is 0 Å². The number of hydrogen-bond donors (Lipinski definition) is 1. The first-order chi connectivity index (χ1) is 8.61. The van der Waals surface area contributed by atoms with Gasteiger partial charge in [0.05, 0.1) is 11.8 Å². The average Bonchev–Trinajstić information content (AvgIpc) is 2.37. The van der Waals surface area contributed by atoms with Gasteiger partial charge in [0.15, 0.2) is 0 Å². The first-order valence-corrected chi connectivity index (χ1v) is 6.39. The molecule has 0 aromatic rings. The summed E-state index contributed by atoms with van der Waals surface area (Å²) in [6.07, 6.45) is 7.26. The zero-order valence-electron chi connectivity index (χ0n) is 10.8. The Morgan fingerprint density at radius 1 is 1.39 bits per heavy atom. The van der Waals surface area contributed by atoms with Gasteiger partial charge < -0.3 is 10.0 Å². The van der Waals surface area contributed by atoms with Crippen molar-refractivity contribution >= 4 is 11.9 Å². The van der Waals surface area contributed by atoms with Crippen LogP contribution >= 0.6 is 0 Å². The molecule has 0 fully saturated rings. The molecule has 1 N–H and O–H groups in total. The van der Waals surface area contributed by atoms with Crippen molar-refractivity contribution < 1.29 is 14.7 Å². The predicted molar refractivity (Wildman–Crippen MR) is 70.1 cm³/mol. The van der Waals surface area contributed by atoms with Crippen LogP contribution in [0.25, 0.3) is 0 Å². The Hall–Kier alpha value is -1.58. The van der Waals surface area contributed by atoms with E-state index in [0.29, 0.717) is 25.9 Å². The molecule has 0 saturated carbocycles. The van der Waals surface area contributed by atoms with Crippen molar-refractivity contribution in [1.29, 1.82) is 0 Å². The Kier molecular flexibility index (Phi) is 5.62. The van der Waals surface area contributed by atoms with Crippen molar-refractivity contribution in [2.75, 3.05) is 13.1 Å². The molecule has 1 amide bonds. The van der Waals surface area contributed by atoms with Crippen LogP contribution < -0.4 is 0 Å². The highest BCUT2D eigenvalue weighted by Crippen LogP contribution is 2.27. The first-order valence-electron chi connectivity index (χ1n) is 6.39. The molecule has 0 bridgehead atoms. The predicted octanol–water partition coefficient (Wildman–Crippen LogP) is 2.08. The second-order valence-corrected chi connectivity index (χ2v) is 4.57. The van der Waals surface area contributed by atoms with Gasteiger partial charge in [-0.15, -0.1) is 6.58 Å².